The average Bonchev–Trinajstić information content (AvgIpc) is 3.23. The number of aromatic nitrogens is 1. The van der Waals surface area contributed by atoms with Crippen molar-refractivity contribution in [2.45, 2.75) is 37.5 Å². The number of hydrogen-bond donors (Lipinski definition) is 1. The van der Waals surface area contributed by atoms with Gasteiger partial charge in [0.15, 0.2) is 5.13 Å². The van der Waals surface area contributed by atoms with E-state index in [4.69, 9.17) is 0 Å². The number of likely N-dealkylation sites (tertiary alicyclic amines) is 1. The largest absolute Gasteiger partial charge is 0.342 e. The van der Waals surface area contributed by atoms with Gasteiger partial charge in [0.25, 0.3) is 0 Å². The van der Waals surface area contributed by atoms with Crippen LogP contribution in [0.25, 0.3) is 0 Å². The summed E-state index contributed by atoms with van der Waals surface area (Å²) in [7, 11) is -3.60. The fourth-order valence-corrected chi connectivity index (χ4v) is 6.58. The Morgan fingerprint density at radius 3 is 2.44 bits per heavy atom. The van der Waals surface area contributed by atoms with Gasteiger partial charge in [0.05, 0.1) is 16.5 Å². The van der Waals surface area contributed by atoms with Crippen molar-refractivity contribution in [3.8, 4) is 0 Å². The summed E-state index contributed by atoms with van der Waals surface area (Å²) in [6.45, 7) is 3.54. The van der Waals surface area contributed by atoms with Gasteiger partial charge >= 0.3 is 0 Å². The van der Waals surface area contributed by atoms with E-state index in [2.05, 4.69) is 10.3 Å². The first-order valence-corrected chi connectivity index (χ1v) is 13.2. The molecule has 4 rings (SSSR count). The molecule has 172 valence electrons. The molecule has 0 saturated carbocycles. The molecule has 1 unspecified atom stereocenters. The Kier molecular flexibility index (Phi) is 6.92. The Labute approximate surface area is 192 Å². The third kappa shape index (κ3) is 5.02. The van der Waals surface area contributed by atoms with E-state index in [-0.39, 0.29) is 35.1 Å². The molecule has 2 aliphatic rings. The van der Waals surface area contributed by atoms with E-state index in [9.17, 15) is 18.0 Å². The minimum atomic E-state index is -3.60. The molecular weight excluding hydrogens is 448 g/mol. The number of nitrogens with one attached hydrogen (secondary N) is 1. The number of hydrogen-bond acceptors (Lipinski definition) is 6. The van der Waals surface area contributed by atoms with Crippen molar-refractivity contribution in [1.82, 2.24) is 14.2 Å². The second-order valence-electron chi connectivity index (χ2n) is 8.40. The van der Waals surface area contributed by atoms with Crippen molar-refractivity contribution in [3.05, 3.63) is 41.4 Å². The Hall–Kier alpha value is -2.30. The van der Waals surface area contributed by atoms with E-state index < -0.39 is 10.0 Å². The lowest BCUT2D eigenvalue weighted by Gasteiger charge is -2.37. The molecule has 0 bridgehead atoms. The fraction of sp³-hybridized carbons (Fsp3) is 0.500. The summed E-state index contributed by atoms with van der Waals surface area (Å²) >= 11 is 1.41. The van der Waals surface area contributed by atoms with Gasteiger partial charge in [-0.2, -0.15) is 4.31 Å². The van der Waals surface area contributed by atoms with E-state index in [0.717, 1.165) is 5.69 Å². The van der Waals surface area contributed by atoms with Crippen LogP contribution >= 0.6 is 11.3 Å². The van der Waals surface area contributed by atoms with Gasteiger partial charge < -0.3 is 10.2 Å². The van der Waals surface area contributed by atoms with Crippen LogP contribution in [-0.4, -0.2) is 60.6 Å². The van der Waals surface area contributed by atoms with Crippen LogP contribution in [0.4, 0.5) is 5.13 Å². The molecule has 1 aromatic heterocycles. The second kappa shape index (κ2) is 9.68. The molecule has 0 spiro atoms. The van der Waals surface area contributed by atoms with Crippen molar-refractivity contribution in [3.63, 3.8) is 0 Å². The number of carbonyl (C=O) groups excluding carboxylic acids is 2. The molecule has 2 amide bonds. The minimum Gasteiger partial charge on any atom is -0.342 e. The normalized spacial score (nSPS) is 20.8. The highest BCUT2D eigenvalue weighted by atomic mass is 32.2. The van der Waals surface area contributed by atoms with Gasteiger partial charge in [-0.15, -0.1) is 11.3 Å². The van der Waals surface area contributed by atoms with Crippen LogP contribution in [0.1, 0.15) is 31.4 Å². The van der Waals surface area contributed by atoms with E-state index in [1.165, 1.54) is 15.6 Å². The number of aryl methyl sites for hydroxylation is 1. The van der Waals surface area contributed by atoms with Gasteiger partial charge in [0.2, 0.25) is 21.8 Å². The first-order chi connectivity index (χ1) is 15.3. The topological polar surface area (TPSA) is 99.7 Å². The average molecular weight is 477 g/mol. The first-order valence-electron chi connectivity index (χ1n) is 10.9. The summed E-state index contributed by atoms with van der Waals surface area (Å²) in [5, 5.41) is 5.37. The van der Waals surface area contributed by atoms with Gasteiger partial charge in [-0.25, -0.2) is 13.4 Å². The molecule has 1 aromatic carbocycles. The summed E-state index contributed by atoms with van der Waals surface area (Å²) in [6, 6.07) is 8.36. The zero-order chi connectivity index (χ0) is 22.7. The van der Waals surface area contributed by atoms with Crippen LogP contribution in [-0.2, 0) is 19.6 Å². The van der Waals surface area contributed by atoms with E-state index in [1.807, 2.05) is 12.3 Å². The molecule has 3 heterocycles. The number of amides is 2. The van der Waals surface area contributed by atoms with E-state index in [0.29, 0.717) is 50.4 Å². The maximum absolute atomic E-state index is 13.1. The lowest BCUT2D eigenvalue weighted by atomic mass is 9.93. The lowest BCUT2D eigenvalue weighted by molar-refractivity contribution is -0.139. The summed E-state index contributed by atoms with van der Waals surface area (Å²) in [5.74, 6) is -0.549. The summed E-state index contributed by atoms with van der Waals surface area (Å²) in [5.41, 5.74) is 0.876. The maximum atomic E-state index is 13.1. The number of sulfonamides is 1. The highest BCUT2D eigenvalue weighted by molar-refractivity contribution is 7.89. The van der Waals surface area contributed by atoms with Crippen LogP contribution in [0.2, 0.25) is 0 Å². The van der Waals surface area contributed by atoms with E-state index in [1.54, 1.807) is 35.2 Å². The zero-order valence-electron chi connectivity index (χ0n) is 18.1. The molecule has 1 N–H and O–H groups in total. The molecule has 10 heteroatoms. The predicted octanol–water partition coefficient (Wildman–Crippen LogP) is 2.73. The number of nitrogens with zero attached hydrogens (tertiary/aromatic N) is 3. The number of anilines is 1. The SMILES string of the molecule is Cc1csc(NC(=O)C2CCN(C(=O)C3CCCN(S(=O)(=O)c4ccccc4)C3)CC2)n1. The van der Waals surface area contributed by atoms with Crippen LogP contribution in [0.15, 0.2) is 40.6 Å². The zero-order valence-corrected chi connectivity index (χ0v) is 19.7. The molecule has 2 fully saturated rings. The number of rotatable bonds is 5. The van der Waals surface area contributed by atoms with Crippen molar-refractivity contribution in [2.24, 2.45) is 11.8 Å². The number of benzene rings is 1. The Morgan fingerprint density at radius 2 is 1.78 bits per heavy atom. The summed E-state index contributed by atoms with van der Waals surface area (Å²) in [4.78, 5) is 32.0. The first kappa shape index (κ1) is 22.9. The van der Waals surface area contributed by atoms with Crippen molar-refractivity contribution >= 4 is 38.3 Å². The van der Waals surface area contributed by atoms with Crippen LogP contribution in [0, 0.1) is 18.8 Å². The van der Waals surface area contributed by atoms with Crippen molar-refractivity contribution in [1.29, 1.82) is 0 Å². The third-order valence-electron chi connectivity index (χ3n) is 6.14. The highest BCUT2D eigenvalue weighted by Gasteiger charge is 2.36. The van der Waals surface area contributed by atoms with Gasteiger partial charge in [0, 0.05) is 37.5 Å². The van der Waals surface area contributed by atoms with Gasteiger partial charge in [-0.1, -0.05) is 18.2 Å². The maximum Gasteiger partial charge on any atom is 0.243 e. The predicted molar refractivity (Wildman–Crippen MR) is 123 cm³/mol. The number of piperidine rings is 2. The lowest BCUT2D eigenvalue weighted by Crippen LogP contribution is -2.49. The standard InChI is InChI=1S/C22H28N4O4S2/c1-16-15-31-22(23-16)24-20(27)17-9-12-25(13-10-17)21(28)18-6-5-11-26(14-18)32(29,30)19-7-3-2-4-8-19/h2-4,7-8,15,17-18H,5-6,9-14H2,1H3,(H,23,24,27). The van der Waals surface area contributed by atoms with Crippen LogP contribution in [0.5, 0.6) is 0 Å². The third-order valence-corrected chi connectivity index (χ3v) is 8.90. The Bertz CT molecular complexity index is 1060. The fourth-order valence-electron chi connectivity index (χ4n) is 4.34. The summed E-state index contributed by atoms with van der Waals surface area (Å²) < 4.78 is 27.3. The minimum absolute atomic E-state index is 0.00707. The molecule has 0 aliphatic carbocycles. The number of carbonyl (C=O) groups is 2. The molecule has 8 nitrogen and oxygen atoms in total. The molecule has 32 heavy (non-hydrogen) atoms. The molecular formula is C22H28N4O4S2. The van der Waals surface area contributed by atoms with Crippen molar-refractivity contribution in [2.75, 3.05) is 31.5 Å². The number of thiazole rings is 1. The molecule has 2 aliphatic heterocycles. The van der Waals surface area contributed by atoms with Gasteiger partial charge in [-0.3, -0.25) is 9.59 Å². The molecule has 2 aromatic rings. The Balaban J connectivity index is 1.32. The second-order valence-corrected chi connectivity index (χ2v) is 11.2. The van der Waals surface area contributed by atoms with Gasteiger partial charge in [-0.05, 0) is 44.7 Å². The molecule has 0 radical (unpaired) electrons. The molecule has 2 saturated heterocycles. The van der Waals surface area contributed by atoms with Crippen molar-refractivity contribution < 1.29 is 18.0 Å². The Morgan fingerprint density at radius 1 is 1.06 bits per heavy atom. The quantitative estimate of drug-likeness (QED) is 0.715. The smallest absolute Gasteiger partial charge is 0.243 e. The van der Waals surface area contributed by atoms with Crippen LogP contribution < -0.4 is 5.32 Å². The van der Waals surface area contributed by atoms with Gasteiger partial charge in [0.1, 0.15) is 0 Å². The summed E-state index contributed by atoms with van der Waals surface area (Å²) in [6.07, 6.45) is 2.54. The molecule has 1 atom stereocenters. The highest BCUT2D eigenvalue weighted by Crippen LogP contribution is 2.27. The monoisotopic (exact) mass is 476 g/mol. The van der Waals surface area contributed by atoms with E-state index >= 15 is 0 Å². The van der Waals surface area contributed by atoms with Crippen LogP contribution in [0.3, 0.4) is 0 Å².